The van der Waals surface area contributed by atoms with Crippen LogP contribution in [-0.2, 0) is 10.0 Å². The molecule has 6 heteroatoms. The van der Waals surface area contributed by atoms with Crippen LogP contribution in [0.4, 0.5) is 0 Å². The highest BCUT2D eigenvalue weighted by Crippen LogP contribution is 2.25. The molecule has 2 rings (SSSR count). The van der Waals surface area contributed by atoms with E-state index in [0.717, 1.165) is 35.7 Å². The van der Waals surface area contributed by atoms with Gasteiger partial charge in [-0.3, -0.25) is 0 Å². The number of hydrogen-bond donors (Lipinski definition) is 2. The minimum Gasteiger partial charge on any atom is -0.317 e. The molecule has 1 aromatic rings. The Kier molecular flexibility index (Phi) is 4.42. The monoisotopic (exact) mass is 288 g/mol. The second-order valence-electron chi connectivity index (χ2n) is 4.82. The van der Waals surface area contributed by atoms with Crippen molar-refractivity contribution in [2.45, 2.75) is 31.6 Å². The number of thiophene rings is 1. The summed E-state index contributed by atoms with van der Waals surface area (Å²) in [6, 6.07) is 1.75. The van der Waals surface area contributed by atoms with Gasteiger partial charge in [0.25, 0.3) is 0 Å². The van der Waals surface area contributed by atoms with E-state index in [1.54, 1.807) is 6.07 Å². The molecule has 102 valence electrons. The van der Waals surface area contributed by atoms with Crippen molar-refractivity contribution in [1.29, 1.82) is 0 Å². The maximum atomic E-state index is 12.2. The summed E-state index contributed by atoms with van der Waals surface area (Å²) in [5.41, 5.74) is 0. The summed E-state index contributed by atoms with van der Waals surface area (Å²) in [5, 5.41) is 3.28. The van der Waals surface area contributed by atoms with Crippen LogP contribution in [0.5, 0.6) is 0 Å². The van der Waals surface area contributed by atoms with Crippen molar-refractivity contribution < 1.29 is 8.42 Å². The third-order valence-corrected chi connectivity index (χ3v) is 5.95. The van der Waals surface area contributed by atoms with E-state index in [1.807, 2.05) is 13.8 Å². The molecular weight excluding hydrogens is 268 g/mol. The Labute approximate surface area is 113 Å². The van der Waals surface area contributed by atoms with Crippen LogP contribution in [0.25, 0.3) is 0 Å². The highest BCUT2D eigenvalue weighted by Gasteiger charge is 2.21. The fourth-order valence-electron chi connectivity index (χ4n) is 2.27. The van der Waals surface area contributed by atoms with Crippen molar-refractivity contribution in [3.05, 3.63) is 15.8 Å². The van der Waals surface area contributed by atoms with Gasteiger partial charge in [0.1, 0.15) is 0 Å². The van der Waals surface area contributed by atoms with E-state index in [4.69, 9.17) is 0 Å². The zero-order valence-electron chi connectivity index (χ0n) is 10.8. The van der Waals surface area contributed by atoms with Gasteiger partial charge in [-0.2, -0.15) is 0 Å². The summed E-state index contributed by atoms with van der Waals surface area (Å²) in [5.74, 6) is 0.459. The van der Waals surface area contributed by atoms with Crippen molar-refractivity contribution in [3.8, 4) is 0 Å². The maximum Gasteiger partial charge on any atom is 0.241 e. The summed E-state index contributed by atoms with van der Waals surface area (Å²) in [7, 11) is -3.33. The third-order valence-electron chi connectivity index (χ3n) is 3.31. The zero-order valence-corrected chi connectivity index (χ0v) is 12.5. The Morgan fingerprint density at radius 3 is 2.61 bits per heavy atom. The maximum absolute atomic E-state index is 12.2. The van der Waals surface area contributed by atoms with E-state index in [1.165, 1.54) is 11.3 Å². The molecule has 0 aliphatic carbocycles. The highest BCUT2D eigenvalue weighted by atomic mass is 32.2. The van der Waals surface area contributed by atoms with Crippen LogP contribution in [0.15, 0.2) is 11.0 Å². The van der Waals surface area contributed by atoms with Gasteiger partial charge in [0.15, 0.2) is 0 Å². The predicted molar refractivity (Wildman–Crippen MR) is 74.6 cm³/mol. The zero-order chi connectivity index (χ0) is 13.2. The minimum absolute atomic E-state index is 0.443. The van der Waals surface area contributed by atoms with Gasteiger partial charge in [-0.1, -0.05) is 0 Å². The standard InChI is InChI=1S/C12H20N2O2S2/c1-9-7-12(10(2)17-9)18(15,16)14-8-11-3-5-13-6-4-11/h7,11,13-14H,3-6,8H2,1-2H3. The molecule has 4 nitrogen and oxygen atoms in total. The lowest BCUT2D eigenvalue weighted by Gasteiger charge is -2.22. The van der Waals surface area contributed by atoms with E-state index >= 15 is 0 Å². The summed E-state index contributed by atoms with van der Waals surface area (Å²) in [4.78, 5) is 2.35. The third kappa shape index (κ3) is 3.32. The lowest BCUT2D eigenvalue weighted by molar-refractivity contribution is 0.372. The first-order chi connectivity index (χ1) is 8.49. The van der Waals surface area contributed by atoms with Crippen LogP contribution in [-0.4, -0.2) is 28.1 Å². The Morgan fingerprint density at radius 2 is 2.06 bits per heavy atom. The SMILES string of the molecule is Cc1cc(S(=O)(=O)NCC2CCNCC2)c(C)s1. The Balaban J connectivity index is 2.01. The molecule has 0 saturated carbocycles. The molecule has 0 radical (unpaired) electrons. The van der Waals surface area contributed by atoms with Crippen molar-refractivity contribution in [2.24, 2.45) is 5.92 Å². The number of aryl methyl sites for hydroxylation is 2. The van der Waals surface area contributed by atoms with Crippen molar-refractivity contribution in [1.82, 2.24) is 10.0 Å². The molecule has 0 amide bonds. The van der Waals surface area contributed by atoms with E-state index in [9.17, 15) is 8.42 Å². The van der Waals surface area contributed by atoms with Crippen LogP contribution >= 0.6 is 11.3 Å². The second kappa shape index (κ2) is 5.69. The molecule has 1 fully saturated rings. The summed E-state index contributed by atoms with van der Waals surface area (Å²) < 4.78 is 27.1. The molecule has 1 aliphatic heterocycles. The molecule has 1 aromatic heterocycles. The minimum atomic E-state index is -3.33. The predicted octanol–water partition coefficient (Wildman–Crippen LogP) is 1.64. The van der Waals surface area contributed by atoms with E-state index in [-0.39, 0.29) is 0 Å². The number of sulfonamides is 1. The van der Waals surface area contributed by atoms with E-state index in [0.29, 0.717) is 17.4 Å². The molecule has 2 heterocycles. The quantitative estimate of drug-likeness (QED) is 0.885. The van der Waals surface area contributed by atoms with E-state index in [2.05, 4.69) is 10.0 Å². The molecular formula is C12H20N2O2S2. The molecule has 0 unspecified atom stereocenters. The largest absolute Gasteiger partial charge is 0.317 e. The van der Waals surface area contributed by atoms with Crippen LogP contribution in [0.2, 0.25) is 0 Å². The average molecular weight is 288 g/mol. The topological polar surface area (TPSA) is 58.2 Å². The number of hydrogen-bond acceptors (Lipinski definition) is 4. The van der Waals surface area contributed by atoms with Crippen LogP contribution < -0.4 is 10.0 Å². The molecule has 1 saturated heterocycles. The fourth-order valence-corrected chi connectivity index (χ4v) is 4.93. The number of nitrogens with one attached hydrogen (secondary N) is 2. The van der Waals surface area contributed by atoms with E-state index < -0.39 is 10.0 Å². The fraction of sp³-hybridized carbons (Fsp3) is 0.667. The Bertz CT molecular complexity index is 502. The van der Waals surface area contributed by atoms with Gasteiger partial charge in [0.05, 0.1) is 4.90 Å². The van der Waals surface area contributed by atoms with Crippen molar-refractivity contribution in [3.63, 3.8) is 0 Å². The van der Waals surface area contributed by atoms with Crippen LogP contribution in [0.3, 0.4) is 0 Å². The second-order valence-corrected chi connectivity index (χ2v) is 8.02. The molecule has 1 aliphatic rings. The van der Waals surface area contributed by atoms with Gasteiger partial charge in [0.2, 0.25) is 10.0 Å². The average Bonchev–Trinajstić information content (AvgIpc) is 2.68. The van der Waals surface area contributed by atoms with Crippen LogP contribution in [0.1, 0.15) is 22.6 Å². The van der Waals surface area contributed by atoms with Gasteiger partial charge in [-0.25, -0.2) is 13.1 Å². The van der Waals surface area contributed by atoms with Gasteiger partial charge in [0, 0.05) is 16.3 Å². The first-order valence-corrected chi connectivity index (χ1v) is 8.56. The number of rotatable bonds is 4. The summed E-state index contributed by atoms with van der Waals surface area (Å²) in [6.45, 7) is 6.32. The lowest BCUT2D eigenvalue weighted by atomic mass is 9.99. The van der Waals surface area contributed by atoms with Gasteiger partial charge in [-0.15, -0.1) is 11.3 Å². The molecule has 18 heavy (non-hydrogen) atoms. The smallest absolute Gasteiger partial charge is 0.241 e. The van der Waals surface area contributed by atoms with Gasteiger partial charge >= 0.3 is 0 Å². The molecule has 0 bridgehead atoms. The highest BCUT2D eigenvalue weighted by molar-refractivity contribution is 7.89. The first kappa shape index (κ1) is 14.0. The first-order valence-electron chi connectivity index (χ1n) is 6.26. The molecule has 2 N–H and O–H groups in total. The molecule has 0 aromatic carbocycles. The molecule has 0 atom stereocenters. The normalized spacial score (nSPS) is 18.1. The lowest BCUT2D eigenvalue weighted by Crippen LogP contribution is -2.36. The van der Waals surface area contributed by atoms with Crippen LogP contribution in [0, 0.1) is 19.8 Å². The Morgan fingerprint density at radius 1 is 1.39 bits per heavy atom. The molecule has 0 spiro atoms. The summed E-state index contributed by atoms with van der Waals surface area (Å²) >= 11 is 1.53. The van der Waals surface area contributed by atoms with Crippen molar-refractivity contribution in [2.75, 3.05) is 19.6 Å². The van der Waals surface area contributed by atoms with Crippen molar-refractivity contribution >= 4 is 21.4 Å². The summed E-state index contributed by atoms with van der Waals surface area (Å²) in [6.07, 6.45) is 2.09. The Hall–Kier alpha value is -0.430. The van der Waals surface area contributed by atoms with Gasteiger partial charge < -0.3 is 5.32 Å². The number of piperidine rings is 1. The van der Waals surface area contributed by atoms with Gasteiger partial charge in [-0.05, 0) is 51.8 Å².